The minimum absolute atomic E-state index is 0.209. The molecule has 132 valence electrons. The first-order valence-corrected chi connectivity index (χ1v) is 9.49. The predicted octanol–water partition coefficient (Wildman–Crippen LogP) is 4.95. The van der Waals surface area contributed by atoms with Gasteiger partial charge in [-0.1, -0.05) is 42.5 Å². The van der Waals surface area contributed by atoms with Crippen LogP contribution in [0.15, 0.2) is 66.6 Å². The summed E-state index contributed by atoms with van der Waals surface area (Å²) in [4.78, 5) is 5.58. The summed E-state index contributed by atoms with van der Waals surface area (Å²) in [5, 5.41) is 10.8. The van der Waals surface area contributed by atoms with E-state index in [9.17, 15) is 0 Å². The number of hydrogen-bond acceptors (Lipinski definition) is 3. The van der Waals surface area contributed by atoms with Crippen LogP contribution in [0.25, 0.3) is 16.7 Å². The van der Waals surface area contributed by atoms with Crippen LogP contribution < -0.4 is 0 Å². The van der Waals surface area contributed by atoms with E-state index in [1.54, 1.807) is 11.3 Å². The van der Waals surface area contributed by atoms with Crippen molar-refractivity contribution < 1.29 is 4.84 Å². The Hall–Kier alpha value is -3.25. The highest BCUT2D eigenvalue weighted by atomic mass is 16.7. The Balaban J connectivity index is 1.62. The molecular weight excluding hydrogens is 332 g/mol. The number of aryl methyl sites for hydroxylation is 1. The van der Waals surface area contributed by atoms with Gasteiger partial charge in [-0.15, -0.1) is 0 Å². The van der Waals surface area contributed by atoms with E-state index in [0.717, 1.165) is 31.4 Å². The fourth-order valence-corrected chi connectivity index (χ4v) is 4.53. The van der Waals surface area contributed by atoms with Crippen LogP contribution >= 0.6 is 0 Å². The lowest BCUT2D eigenvalue weighted by molar-refractivity contribution is -0.0563. The van der Waals surface area contributed by atoms with Gasteiger partial charge in [0.1, 0.15) is 12.8 Å². The zero-order valence-corrected chi connectivity index (χ0v) is 15.1. The molecule has 0 unspecified atom stereocenters. The summed E-state index contributed by atoms with van der Waals surface area (Å²) in [5.41, 5.74) is 10.6. The lowest BCUT2D eigenvalue weighted by Crippen LogP contribution is -2.25. The molecule has 0 atom stereocenters. The third-order valence-electron chi connectivity index (χ3n) is 5.70. The van der Waals surface area contributed by atoms with Crippen molar-refractivity contribution in [2.45, 2.75) is 25.7 Å². The minimum atomic E-state index is 0.209. The van der Waals surface area contributed by atoms with Crippen LogP contribution in [0.2, 0.25) is 0 Å². The van der Waals surface area contributed by atoms with E-state index in [1.165, 1.54) is 39.0 Å². The van der Waals surface area contributed by atoms with Gasteiger partial charge in [-0.25, -0.2) is 0 Å². The Morgan fingerprint density at radius 1 is 0.963 bits per heavy atom. The van der Waals surface area contributed by atoms with E-state index in [1.807, 2.05) is 12.2 Å². The van der Waals surface area contributed by atoms with Gasteiger partial charge in [0, 0.05) is 5.57 Å². The van der Waals surface area contributed by atoms with Crippen molar-refractivity contribution in [2.24, 2.45) is 0 Å². The van der Waals surface area contributed by atoms with Crippen molar-refractivity contribution in [1.29, 1.82) is 5.26 Å². The third kappa shape index (κ3) is 2.57. The normalized spacial score (nSPS) is 16.9. The SMILES string of the molecule is N#CCN1OC=CC=C1C1=CCCc2c1ccc1c2CCc2ccccc2-1. The fourth-order valence-electron chi connectivity index (χ4n) is 4.53. The summed E-state index contributed by atoms with van der Waals surface area (Å²) in [6.07, 6.45) is 12.1. The number of nitriles is 1. The Bertz CT molecular complexity index is 1050. The molecule has 0 saturated carbocycles. The number of fused-ring (bicyclic) bond motifs is 5. The molecule has 0 fully saturated rings. The second-order valence-corrected chi connectivity index (χ2v) is 7.11. The maximum atomic E-state index is 9.14. The molecule has 5 rings (SSSR count). The van der Waals surface area contributed by atoms with Crippen molar-refractivity contribution in [3.05, 3.63) is 88.8 Å². The van der Waals surface area contributed by atoms with Gasteiger partial charge in [0.25, 0.3) is 0 Å². The molecule has 2 aromatic rings. The predicted molar refractivity (Wildman–Crippen MR) is 106 cm³/mol. The van der Waals surface area contributed by atoms with Crippen LogP contribution in [0.1, 0.15) is 28.7 Å². The molecule has 3 nitrogen and oxygen atoms in total. The van der Waals surface area contributed by atoms with Gasteiger partial charge in [-0.2, -0.15) is 10.3 Å². The first kappa shape index (κ1) is 16.0. The molecule has 1 aliphatic heterocycles. The van der Waals surface area contributed by atoms with E-state index in [2.05, 4.69) is 48.5 Å². The van der Waals surface area contributed by atoms with Crippen LogP contribution in [0.5, 0.6) is 0 Å². The molecule has 0 amide bonds. The summed E-state index contributed by atoms with van der Waals surface area (Å²) in [7, 11) is 0. The molecule has 27 heavy (non-hydrogen) atoms. The van der Waals surface area contributed by atoms with E-state index in [4.69, 9.17) is 10.1 Å². The molecule has 0 saturated heterocycles. The lowest BCUT2D eigenvalue weighted by Gasteiger charge is -2.31. The maximum absolute atomic E-state index is 9.14. The van der Waals surface area contributed by atoms with Gasteiger partial charge in [0.2, 0.25) is 0 Å². The second kappa shape index (κ2) is 6.48. The summed E-state index contributed by atoms with van der Waals surface area (Å²) < 4.78 is 0. The largest absolute Gasteiger partial charge is 0.386 e. The number of benzene rings is 2. The smallest absolute Gasteiger partial charge is 0.143 e. The van der Waals surface area contributed by atoms with Crippen molar-refractivity contribution in [2.75, 3.05) is 6.54 Å². The maximum Gasteiger partial charge on any atom is 0.143 e. The zero-order chi connectivity index (χ0) is 18.2. The Kier molecular flexibility index (Phi) is 3.83. The molecule has 0 radical (unpaired) electrons. The lowest BCUT2D eigenvalue weighted by atomic mass is 9.77. The molecule has 3 heteroatoms. The number of hydrogen-bond donors (Lipinski definition) is 0. The van der Waals surface area contributed by atoms with Crippen LogP contribution in [0, 0.1) is 11.3 Å². The van der Waals surface area contributed by atoms with Gasteiger partial charge < -0.3 is 4.84 Å². The van der Waals surface area contributed by atoms with E-state index in [-0.39, 0.29) is 6.54 Å². The van der Waals surface area contributed by atoms with Gasteiger partial charge in [-0.05, 0) is 71.2 Å². The number of hydroxylamine groups is 2. The van der Waals surface area contributed by atoms with Crippen molar-refractivity contribution in [3.63, 3.8) is 0 Å². The standard InChI is InChI=1S/C24H20N2O/c25-14-15-26-24(9-4-16-27-26)23-8-3-7-19-21-11-10-17-5-1-2-6-18(17)20(21)12-13-22(19)23/h1-2,4-6,8-9,12-13,16H,3,7,10-11,15H2. The van der Waals surface area contributed by atoms with Gasteiger partial charge in [0.05, 0.1) is 11.8 Å². The molecule has 2 aromatic carbocycles. The monoisotopic (exact) mass is 352 g/mol. The highest BCUT2D eigenvalue weighted by Gasteiger charge is 2.26. The molecule has 2 aliphatic carbocycles. The van der Waals surface area contributed by atoms with Crippen molar-refractivity contribution in [3.8, 4) is 17.2 Å². The highest BCUT2D eigenvalue weighted by molar-refractivity contribution is 5.86. The number of rotatable bonds is 2. The molecule has 0 spiro atoms. The molecule has 0 aromatic heterocycles. The average molecular weight is 352 g/mol. The van der Waals surface area contributed by atoms with Crippen LogP contribution in [0.4, 0.5) is 0 Å². The van der Waals surface area contributed by atoms with Gasteiger partial charge in [-0.3, -0.25) is 0 Å². The molecule has 3 aliphatic rings. The highest BCUT2D eigenvalue weighted by Crippen LogP contribution is 2.42. The van der Waals surface area contributed by atoms with Crippen LogP contribution in [0.3, 0.4) is 0 Å². The third-order valence-corrected chi connectivity index (χ3v) is 5.70. The average Bonchev–Trinajstić information content (AvgIpc) is 2.73. The first-order valence-electron chi connectivity index (χ1n) is 9.49. The summed E-state index contributed by atoms with van der Waals surface area (Å²) in [5.74, 6) is 0. The number of nitrogens with zero attached hydrogens (tertiary/aromatic N) is 2. The zero-order valence-electron chi connectivity index (χ0n) is 15.1. The van der Waals surface area contributed by atoms with E-state index in [0.29, 0.717) is 0 Å². The van der Waals surface area contributed by atoms with Crippen LogP contribution in [-0.4, -0.2) is 11.6 Å². The van der Waals surface area contributed by atoms with E-state index >= 15 is 0 Å². The number of allylic oxidation sites excluding steroid dienone is 4. The Morgan fingerprint density at radius 3 is 2.74 bits per heavy atom. The van der Waals surface area contributed by atoms with Gasteiger partial charge >= 0.3 is 0 Å². The van der Waals surface area contributed by atoms with Gasteiger partial charge in [0.15, 0.2) is 0 Å². The molecule has 0 N–H and O–H groups in total. The summed E-state index contributed by atoms with van der Waals surface area (Å²) >= 11 is 0. The van der Waals surface area contributed by atoms with E-state index < -0.39 is 0 Å². The van der Waals surface area contributed by atoms with Crippen LogP contribution in [-0.2, 0) is 24.1 Å². The first-order chi connectivity index (χ1) is 13.4. The molecule has 0 bridgehead atoms. The summed E-state index contributed by atoms with van der Waals surface area (Å²) in [6, 6.07) is 15.5. The van der Waals surface area contributed by atoms with Crippen molar-refractivity contribution >= 4 is 5.57 Å². The Morgan fingerprint density at radius 2 is 1.81 bits per heavy atom. The second-order valence-electron chi connectivity index (χ2n) is 7.11. The minimum Gasteiger partial charge on any atom is -0.386 e. The Labute approximate surface area is 159 Å². The topological polar surface area (TPSA) is 36.3 Å². The molecule has 1 heterocycles. The summed E-state index contributed by atoms with van der Waals surface area (Å²) in [6.45, 7) is 0.209. The quantitative estimate of drug-likeness (QED) is 0.718. The fraction of sp³-hybridized carbons (Fsp3) is 0.208. The van der Waals surface area contributed by atoms with Crippen molar-refractivity contribution in [1.82, 2.24) is 5.06 Å². The molecular formula is C24H20N2O.